The zero-order chi connectivity index (χ0) is 25.5. The van der Waals surface area contributed by atoms with E-state index >= 15 is 0 Å². The Morgan fingerprint density at radius 3 is 2.44 bits per heavy atom. The van der Waals surface area contributed by atoms with Crippen LogP contribution in [0, 0.1) is 11.3 Å². The van der Waals surface area contributed by atoms with Crippen molar-refractivity contribution in [3.63, 3.8) is 0 Å². The van der Waals surface area contributed by atoms with E-state index in [9.17, 15) is 9.59 Å². The average Bonchev–Trinajstić information content (AvgIpc) is 2.89. The zero-order valence-corrected chi connectivity index (χ0v) is 20.0. The first-order valence-electron chi connectivity index (χ1n) is 11.8. The van der Waals surface area contributed by atoms with E-state index in [0.717, 1.165) is 21.9 Å². The minimum absolute atomic E-state index is 0.211. The summed E-state index contributed by atoms with van der Waals surface area (Å²) in [5, 5.41) is 14.3. The molecule has 36 heavy (non-hydrogen) atoms. The van der Waals surface area contributed by atoms with Crippen molar-refractivity contribution in [3.05, 3.63) is 107 Å². The molecule has 2 amide bonds. The van der Waals surface area contributed by atoms with Gasteiger partial charge in [0.25, 0.3) is 5.91 Å². The number of unbranched alkanes of at least 4 members (excludes halogenated alkanes) is 1. The Morgan fingerprint density at radius 2 is 1.69 bits per heavy atom. The van der Waals surface area contributed by atoms with E-state index < -0.39 is 5.91 Å². The van der Waals surface area contributed by atoms with E-state index in [1.165, 1.54) is 0 Å². The molecule has 6 nitrogen and oxygen atoms in total. The summed E-state index contributed by atoms with van der Waals surface area (Å²) in [4.78, 5) is 24.8. The maximum Gasteiger partial charge on any atom is 0.252 e. The molecule has 0 bridgehead atoms. The summed E-state index contributed by atoms with van der Waals surface area (Å²) in [6.07, 6.45) is 1.68. The van der Waals surface area contributed by atoms with Crippen LogP contribution >= 0.6 is 0 Å². The lowest BCUT2D eigenvalue weighted by molar-refractivity contribution is 0.0937. The van der Waals surface area contributed by atoms with E-state index in [0.29, 0.717) is 41.9 Å². The number of hydrogen-bond donors (Lipinski definition) is 2. The molecule has 0 unspecified atom stereocenters. The van der Waals surface area contributed by atoms with E-state index in [1.807, 2.05) is 37.3 Å². The molecular formula is C30H27N3O3. The summed E-state index contributed by atoms with van der Waals surface area (Å²) in [5.74, 6) is 0.293. The van der Waals surface area contributed by atoms with Crippen molar-refractivity contribution < 1.29 is 14.3 Å². The Hall–Kier alpha value is -4.63. The molecule has 180 valence electrons. The summed E-state index contributed by atoms with van der Waals surface area (Å²) >= 11 is 0. The molecule has 4 rings (SSSR count). The fourth-order valence-corrected chi connectivity index (χ4v) is 4.21. The first kappa shape index (κ1) is 24.5. The van der Waals surface area contributed by atoms with Gasteiger partial charge < -0.3 is 15.8 Å². The molecule has 4 aromatic rings. The maximum atomic E-state index is 13.5. The number of nitriles is 1. The van der Waals surface area contributed by atoms with Crippen molar-refractivity contribution in [1.82, 2.24) is 5.32 Å². The lowest BCUT2D eigenvalue weighted by Crippen LogP contribution is -2.27. The van der Waals surface area contributed by atoms with Gasteiger partial charge in [-0.2, -0.15) is 5.26 Å². The number of ether oxygens (including phenoxy) is 1. The second-order valence-electron chi connectivity index (χ2n) is 8.58. The fraction of sp³-hybridized carbons (Fsp3) is 0.167. The second kappa shape index (κ2) is 11.2. The minimum Gasteiger partial charge on any atom is -0.457 e. The molecular weight excluding hydrogens is 450 g/mol. The summed E-state index contributed by atoms with van der Waals surface area (Å²) in [5.41, 5.74) is 8.08. The van der Waals surface area contributed by atoms with Crippen molar-refractivity contribution in [2.24, 2.45) is 5.73 Å². The van der Waals surface area contributed by atoms with E-state index in [4.69, 9.17) is 15.7 Å². The summed E-state index contributed by atoms with van der Waals surface area (Å²) < 4.78 is 5.95. The topological polar surface area (TPSA) is 105 Å². The molecule has 0 spiro atoms. The molecule has 1 atom stereocenters. The van der Waals surface area contributed by atoms with Crippen LogP contribution in [0.4, 0.5) is 0 Å². The lowest BCUT2D eigenvalue weighted by Gasteiger charge is -2.18. The highest BCUT2D eigenvalue weighted by Gasteiger charge is 2.18. The van der Waals surface area contributed by atoms with Crippen LogP contribution in [0.3, 0.4) is 0 Å². The highest BCUT2D eigenvalue weighted by Crippen LogP contribution is 2.28. The minimum atomic E-state index is -0.512. The number of nitrogens with zero attached hydrogens (tertiary/aromatic N) is 1. The molecule has 0 heterocycles. The first-order chi connectivity index (χ1) is 17.5. The van der Waals surface area contributed by atoms with Gasteiger partial charge in [-0.15, -0.1) is 0 Å². The van der Waals surface area contributed by atoms with Crippen molar-refractivity contribution in [2.75, 3.05) is 0 Å². The number of aryl methyl sites for hydroxylation is 1. The van der Waals surface area contributed by atoms with Gasteiger partial charge >= 0.3 is 0 Å². The van der Waals surface area contributed by atoms with Crippen LogP contribution in [0.2, 0.25) is 0 Å². The molecule has 0 aromatic heterocycles. The van der Waals surface area contributed by atoms with Crippen LogP contribution in [0.5, 0.6) is 11.5 Å². The number of nitrogens with one attached hydrogen (secondary N) is 1. The average molecular weight is 478 g/mol. The summed E-state index contributed by atoms with van der Waals surface area (Å²) in [6.45, 7) is 1.97. The number of rotatable bonds is 9. The molecule has 0 aliphatic carbocycles. The van der Waals surface area contributed by atoms with Crippen LogP contribution in [0.25, 0.3) is 10.8 Å². The lowest BCUT2D eigenvalue weighted by atomic mass is 9.98. The Labute approximate surface area is 210 Å². The predicted octanol–water partition coefficient (Wildman–Crippen LogP) is 6.07. The molecule has 0 saturated carbocycles. The third-order valence-electron chi connectivity index (χ3n) is 6.07. The molecule has 0 aliphatic rings. The van der Waals surface area contributed by atoms with E-state index in [-0.39, 0.29) is 11.9 Å². The number of amides is 2. The Bertz CT molecular complexity index is 1430. The highest BCUT2D eigenvalue weighted by atomic mass is 16.5. The van der Waals surface area contributed by atoms with Gasteiger partial charge in [-0.1, -0.05) is 48.5 Å². The molecule has 6 heteroatoms. The van der Waals surface area contributed by atoms with Crippen LogP contribution in [0.1, 0.15) is 57.7 Å². The number of benzene rings is 4. The normalized spacial score (nSPS) is 11.4. The number of nitrogens with two attached hydrogens (primary N) is 1. The van der Waals surface area contributed by atoms with E-state index in [1.54, 1.807) is 36.4 Å². The number of carbonyl (C=O) groups excluding carboxylic acids is 2. The van der Waals surface area contributed by atoms with Crippen LogP contribution in [-0.2, 0) is 6.42 Å². The largest absolute Gasteiger partial charge is 0.457 e. The van der Waals surface area contributed by atoms with Crippen LogP contribution < -0.4 is 15.8 Å². The standard InChI is InChI=1S/C30H27N3O3/c1-20(26-11-6-9-21-7-2-3-10-27(21)26)33-30(35)28-19-25(17-12-22(28)8-4-5-18-31)36-24-15-13-23(14-16-24)29(32)34/h2-3,6-7,9-17,19-20H,4-5,8H2,1H3,(H2,32,34)(H,33,35)/t20-/m1/s1. The van der Waals surface area contributed by atoms with Crippen molar-refractivity contribution in [1.29, 1.82) is 5.26 Å². The second-order valence-corrected chi connectivity index (χ2v) is 8.58. The summed E-state index contributed by atoms with van der Waals surface area (Å²) in [6, 6.07) is 28.0. The first-order valence-corrected chi connectivity index (χ1v) is 11.8. The molecule has 0 aliphatic heterocycles. The van der Waals surface area contributed by atoms with Gasteiger partial charge in [-0.05, 0) is 78.1 Å². The number of primary amides is 1. The van der Waals surface area contributed by atoms with Crippen LogP contribution in [0.15, 0.2) is 84.9 Å². The van der Waals surface area contributed by atoms with Gasteiger partial charge in [-0.3, -0.25) is 9.59 Å². The number of hydrogen-bond acceptors (Lipinski definition) is 4. The molecule has 4 aromatic carbocycles. The quantitative estimate of drug-likeness (QED) is 0.285. The van der Waals surface area contributed by atoms with Gasteiger partial charge in [0.1, 0.15) is 11.5 Å². The number of fused-ring (bicyclic) bond motifs is 1. The Balaban J connectivity index is 1.59. The molecule has 0 saturated heterocycles. The third-order valence-corrected chi connectivity index (χ3v) is 6.07. The molecule has 0 fully saturated rings. The van der Waals surface area contributed by atoms with Crippen molar-refractivity contribution in [3.8, 4) is 17.6 Å². The fourth-order valence-electron chi connectivity index (χ4n) is 4.21. The predicted molar refractivity (Wildman–Crippen MR) is 140 cm³/mol. The third kappa shape index (κ3) is 5.70. The van der Waals surface area contributed by atoms with Gasteiger partial charge in [-0.25, -0.2) is 0 Å². The van der Waals surface area contributed by atoms with Gasteiger partial charge in [0.05, 0.1) is 12.1 Å². The Kier molecular flexibility index (Phi) is 7.62. The summed E-state index contributed by atoms with van der Waals surface area (Å²) in [7, 11) is 0. The highest BCUT2D eigenvalue weighted by molar-refractivity contribution is 5.97. The van der Waals surface area contributed by atoms with Gasteiger partial charge in [0, 0.05) is 17.5 Å². The van der Waals surface area contributed by atoms with Gasteiger partial charge in [0.2, 0.25) is 5.91 Å². The van der Waals surface area contributed by atoms with Crippen molar-refractivity contribution in [2.45, 2.75) is 32.2 Å². The number of carbonyl (C=O) groups is 2. The molecule has 0 radical (unpaired) electrons. The SMILES string of the molecule is C[C@@H](NC(=O)c1cc(Oc2ccc(C(N)=O)cc2)ccc1CCCC#N)c1cccc2ccccc12. The van der Waals surface area contributed by atoms with Gasteiger partial charge in [0.15, 0.2) is 0 Å². The van der Waals surface area contributed by atoms with Crippen LogP contribution in [-0.4, -0.2) is 11.8 Å². The maximum absolute atomic E-state index is 13.5. The smallest absolute Gasteiger partial charge is 0.252 e. The zero-order valence-electron chi connectivity index (χ0n) is 20.0. The molecule has 3 N–H and O–H groups in total. The van der Waals surface area contributed by atoms with Crippen molar-refractivity contribution >= 4 is 22.6 Å². The Morgan fingerprint density at radius 1 is 0.972 bits per heavy atom. The monoisotopic (exact) mass is 477 g/mol. The van der Waals surface area contributed by atoms with E-state index in [2.05, 4.69) is 29.6 Å².